The Balaban J connectivity index is 0.00000148. The highest BCUT2D eigenvalue weighted by Crippen LogP contribution is 2.27. The molecule has 0 aliphatic carbocycles. The summed E-state index contributed by atoms with van der Waals surface area (Å²) in [4.78, 5) is 22.0. The van der Waals surface area contributed by atoms with Crippen LogP contribution in [0.15, 0.2) is 58.4 Å². The van der Waals surface area contributed by atoms with Gasteiger partial charge in [0.2, 0.25) is 0 Å². The van der Waals surface area contributed by atoms with Crippen molar-refractivity contribution >= 4 is 12.0 Å². The minimum absolute atomic E-state index is 0. The molecule has 188 valence electrons. The van der Waals surface area contributed by atoms with Crippen LogP contribution in [0.1, 0.15) is 20.8 Å². The third kappa shape index (κ3) is 5.99. The van der Waals surface area contributed by atoms with Crippen molar-refractivity contribution in [2.75, 3.05) is 26.1 Å². The van der Waals surface area contributed by atoms with Gasteiger partial charge in [0.05, 0.1) is 43.9 Å². The van der Waals surface area contributed by atoms with Gasteiger partial charge in [-0.05, 0) is 42.5 Å². The molecule has 3 heterocycles. The maximum atomic E-state index is 13.6. The number of alkyl halides is 3. The van der Waals surface area contributed by atoms with Gasteiger partial charge in [-0.15, -0.1) is 0 Å². The van der Waals surface area contributed by atoms with Crippen molar-refractivity contribution in [3.63, 3.8) is 0 Å². The summed E-state index contributed by atoms with van der Waals surface area (Å²) in [6, 6.07) is 11.7. The van der Waals surface area contributed by atoms with Crippen molar-refractivity contribution in [2.45, 2.75) is 26.3 Å². The quantitative estimate of drug-likeness (QED) is 0.529. The first-order valence-corrected chi connectivity index (χ1v) is 10.8. The molecule has 0 radical (unpaired) electrons. The predicted molar refractivity (Wildman–Crippen MR) is 131 cm³/mol. The summed E-state index contributed by atoms with van der Waals surface area (Å²) in [5, 5.41) is 5.17. The van der Waals surface area contributed by atoms with Gasteiger partial charge in [-0.1, -0.05) is 13.8 Å². The monoisotopic (exact) mass is 491 g/mol. The van der Waals surface area contributed by atoms with E-state index in [9.17, 15) is 18.0 Å². The number of aromatic nitrogens is 2. The fraction of sp³-hybridized carbons (Fsp3) is 0.292. The number of rotatable bonds is 6. The number of fused-ring (bicyclic) bond motifs is 1. The van der Waals surface area contributed by atoms with Gasteiger partial charge in [-0.3, -0.25) is 24.7 Å². The minimum atomic E-state index is -4.41. The number of methoxy groups -OCH3 is 2. The first-order valence-electron chi connectivity index (χ1n) is 10.8. The normalized spacial score (nSPS) is 14.3. The van der Waals surface area contributed by atoms with Crippen molar-refractivity contribution in [1.82, 2.24) is 14.9 Å². The molecule has 1 aromatic carbocycles. The molecule has 1 unspecified atom stereocenters. The average molecular weight is 492 g/mol. The lowest BCUT2D eigenvalue weighted by atomic mass is 10.1. The molecule has 8 nitrogen and oxygen atoms in total. The highest BCUT2D eigenvalue weighted by Gasteiger charge is 2.29. The van der Waals surface area contributed by atoms with Gasteiger partial charge >= 0.3 is 6.18 Å². The maximum Gasteiger partial charge on any atom is 0.401 e. The lowest BCUT2D eigenvalue weighted by Crippen LogP contribution is -2.43. The SMILES string of the molecule is CC.COc1ccc(-n2c3c(cc(-c4ccc(OC)cn4)c2=O)C=NC(NCC(F)(F)F)N3)cc1.[HH]. The zero-order valence-corrected chi connectivity index (χ0v) is 19.7. The number of aliphatic imine (C=N–C) groups is 1. The Morgan fingerprint density at radius 2 is 1.74 bits per heavy atom. The molecule has 2 N–H and O–H groups in total. The van der Waals surface area contributed by atoms with Crippen molar-refractivity contribution in [2.24, 2.45) is 4.99 Å². The van der Waals surface area contributed by atoms with E-state index in [1.165, 1.54) is 31.2 Å². The molecule has 2 aromatic heterocycles. The van der Waals surface area contributed by atoms with Gasteiger partial charge in [0.25, 0.3) is 5.56 Å². The van der Waals surface area contributed by atoms with Gasteiger partial charge in [-0.2, -0.15) is 13.2 Å². The third-order valence-corrected chi connectivity index (χ3v) is 4.94. The van der Waals surface area contributed by atoms with Crippen LogP contribution in [0.4, 0.5) is 19.0 Å². The Kier molecular flexibility index (Phi) is 8.13. The summed E-state index contributed by atoms with van der Waals surface area (Å²) in [7, 11) is 3.03. The fourth-order valence-electron chi connectivity index (χ4n) is 3.34. The van der Waals surface area contributed by atoms with E-state index in [0.717, 1.165) is 0 Å². The lowest BCUT2D eigenvalue weighted by molar-refractivity contribution is -0.125. The molecule has 0 amide bonds. The van der Waals surface area contributed by atoms with E-state index in [0.29, 0.717) is 39.8 Å². The zero-order valence-electron chi connectivity index (χ0n) is 19.7. The summed E-state index contributed by atoms with van der Waals surface area (Å²) in [5.41, 5.74) is 1.31. The number of hydrogen-bond donors (Lipinski definition) is 2. The van der Waals surface area contributed by atoms with Crippen molar-refractivity contribution in [3.05, 3.63) is 64.6 Å². The Bertz CT molecular complexity index is 1230. The Morgan fingerprint density at radius 3 is 2.31 bits per heavy atom. The van der Waals surface area contributed by atoms with E-state index >= 15 is 0 Å². The lowest BCUT2D eigenvalue weighted by Gasteiger charge is -2.26. The minimum Gasteiger partial charge on any atom is -0.497 e. The fourth-order valence-corrected chi connectivity index (χ4v) is 3.34. The van der Waals surface area contributed by atoms with Crippen LogP contribution in [0.3, 0.4) is 0 Å². The summed E-state index contributed by atoms with van der Waals surface area (Å²) >= 11 is 0. The topological polar surface area (TPSA) is 89.8 Å². The number of nitrogens with zero attached hydrogens (tertiary/aromatic N) is 3. The Hall–Kier alpha value is -3.86. The van der Waals surface area contributed by atoms with Gasteiger partial charge in [0, 0.05) is 13.2 Å². The van der Waals surface area contributed by atoms with Crippen molar-refractivity contribution in [3.8, 4) is 28.4 Å². The molecule has 4 rings (SSSR count). The first kappa shape index (κ1) is 25.8. The van der Waals surface area contributed by atoms with E-state index in [1.807, 2.05) is 13.8 Å². The van der Waals surface area contributed by atoms with Crippen molar-refractivity contribution < 1.29 is 24.1 Å². The third-order valence-electron chi connectivity index (χ3n) is 4.94. The number of ether oxygens (including phenoxy) is 2. The van der Waals surface area contributed by atoms with Gasteiger partial charge in [0.15, 0.2) is 6.29 Å². The smallest absolute Gasteiger partial charge is 0.401 e. The van der Waals surface area contributed by atoms with Crippen molar-refractivity contribution in [1.29, 1.82) is 0 Å². The average Bonchev–Trinajstić information content (AvgIpc) is 2.88. The molecular weight excluding hydrogens is 463 g/mol. The maximum absolute atomic E-state index is 13.6. The second-order valence-electron chi connectivity index (χ2n) is 7.10. The highest BCUT2D eigenvalue weighted by molar-refractivity contribution is 5.91. The summed E-state index contributed by atoms with van der Waals surface area (Å²) < 4.78 is 49.7. The van der Waals surface area contributed by atoms with E-state index in [-0.39, 0.29) is 1.43 Å². The van der Waals surface area contributed by atoms with Crippen LogP contribution in [0.25, 0.3) is 16.9 Å². The number of anilines is 1. The summed E-state index contributed by atoms with van der Waals surface area (Å²) in [6.45, 7) is 2.76. The second kappa shape index (κ2) is 11.0. The van der Waals surface area contributed by atoms with Crippen LogP contribution in [-0.4, -0.2) is 49.0 Å². The van der Waals surface area contributed by atoms with Crippen LogP contribution >= 0.6 is 0 Å². The molecule has 0 spiro atoms. The largest absolute Gasteiger partial charge is 0.497 e. The zero-order chi connectivity index (χ0) is 25.6. The van der Waals surface area contributed by atoms with E-state index in [1.54, 1.807) is 42.5 Å². The summed E-state index contributed by atoms with van der Waals surface area (Å²) in [6.07, 6.45) is -2.55. The number of nitrogens with one attached hydrogen (secondary N) is 2. The molecule has 11 heteroatoms. The molecule has 3 aromatic rings. The van der Waals surface area contributed by atoms with Crippen LogP contribution in [0.5, 0.6) is 11.5 Å². The summed E-state index contributed by atoms with van der Waals surface area (Å²) in [5.74, 6) is 1.43. The molecule has 0 saturated carbocycles. The number of hydrogen-bond acceptors (Lipinski definition) is 7. The molecule has 0 bridgehead atoms. The molecule has 0 saturated heterocycles. The van der Waals surface area contributed by atoms with Crippen LogP contribution in [0, 0.1) is 0 Å². The second-order valence-corrected chi connectivity index (χ2v) is 7.10. The van der Waals surface area contributed by atoms with Crippen LogP contribution in [-0.2, 0) is 0 Å². The van der Waals surface area contributed by atoms with E-state index < -0.39 is 24.6 Å². The highest BCUT2D eigenvalue weighted by atomic mass is 19.4. The number of pyridine rings is 2. The Morgan fingerprint density at radius 1 is 1.09 bits per heavy atom. The number of benzene rings is 1. The molecule has 1 atom stereocenters. The van der Waals surface area contributed by atoms with E-state index in [2.05, 4.69) is 20.6 Å². The van der Waals surface area contributed by atoms with Gasteiger partial charge in [0.1, 0.15) is 17.3 Å². The molecule has 1 aliphatic heterocycles. The molecule has 35 heavy (non-hydrogen) atoms. The molecule has 0 fully saturated rings. The standard InChI is InChI=1S/C22H20F3N5O3.C2H6.H2/c1-32-15-5-3-14(4-6-15)30-19-13(10-27-21(29-19)28-12-22(23,24)25)9-17(20(30)31)18-8-7-16(33-2)11-26-18;1-2;/h3-11,21,28-29H,12H2,1-2H3;1-2H3;1H. The van der Waals surface area contributed by atoms with Crippen LogP contribution < -0.4 is 25.7 Å². The van der Waals surface area contributed by atoms with Gasteiger partial charge in [-0.25, -0.2) is 0 Å². The molecule has 1 aliphatic rings. The predicted octanol–water partition coefficient (Wildman–Crippen LogP) is 4.47. The first-order chi connectivity index (χ1) is 16.8. The van der Waals surface area contributed by atoms with Crippen LogP contribution in [0.2, 0.25) is 0 Å². The molecular formula is C24H28F3N5O3. The van der Waals surface area contributed by atoms with Gasteiger partial charge < -0.3 is 14.8 Å². The Labute approximate surface area is 201 Å². The number of halogens is 3. The van der Waals surface area contributed by atoms with E-state index in [4.69, 9.17) is 9.47 Å².